The van der Waals surface area contributed by atoms with E-state index < -0.39 is 0 Å². The highest BCUT2D eigenvalue weighted by Crippen LogP contribution is 2.30. The summed E-state index contributed by atoms with van der Waals surface area (Å²) in [5, 5.41) is 9.21. The fourth-order valence-electron chi connectivity index (χ4n) is 2.09. The lowest BCUT2D eigenvalue weighted by molar-refractivity contribution is -0.120. The number of benzene rings is 1. The maximum Gasteiger partial charge on any atom is 0.221 e. The summed E-state index contributed by atoms with van der Waals surface area (Å²) in [6, 6.07) is 5.60. The van der Waals surface area contributed by atoms with Gasteiger partial charge in [-0.3, -0.25) is 9.79 Å². The maximum atomic E-state index is 11.6. The van der Waals surface area contributed by atoms with E-state index in [2.05, 4.69) is 20.9 Å². The molecule has 0 atom stereocenters. The second-order valence-electron chi connectivity index (χ2n) is 5.28. The number of carbonyl (C=O) groups excluding carboxylic acids is 1. The number of ether oxygens (including phenoxy) is 2. The summed E-state index contributed by atoms with van der Waals surface area (Å²) in [7, 11) is 1.61. The number of guanidine groups is 1. The van der Waals surface area contributed by atoms with E-state index in [9.17, 15) is 4.79 Å². The van der Waals surface area contributed by atoms with Gasteiger partial charge in [0, 0.05) is 31.3 Å². The van der Waals surface area contributed by atoms with Crippen molar-refractivity contribution in [2.24, 2.45) is 4.99 Å². The third kappa shape index (κ3) is 7.78. The molecule has 0 saturated heterocycles. The van der Waals surface area contributed by atoms with E-state index in [-0.39, 0.29) is 5.91 Å². The molecule has 0 spiro atoms. The minimum atomic E-state index is 0.0178. The molecule has 25 heavy (non-hydrogen) atoms. The molecule has 0 aliphatic carbocycles. The molecule has 1 rings (SSSR count). The highest BCUT2D eigenvalue weighted by Gasteiger charge is 2.07. The summed E-state index contributed by atoms with van der Waals surface area (Å²) in [4.78, 5) is 16.1. The van der Waals surface area contributed by atoms with Gasteiger partial charge in [-0.05, 0) is 32.4 Å². The van der Waals surface area contributed by atoms with Crippen LogP contribution in [0.5, 0.6) is 11.5 Å². The molecule has 0 radical (unpaired) electrons. The predicted octanol–water partition coefficient (Wildman–Crippen LogP) is 2.39. The smallest absolute Gasteiger partial charge is 0.221 e. The van der Waals surface area contributed by atoms with Gasteiger partial charge in [0.2, 0.25) is 5.91 Å². The standard InChI is InChI=1S/C18H30N4O3/c1-5-11-20-17(23)10-12-21-18(19-6-2)22-14-8-9-15(25-7-3)16(13-14)24-4/h8-9,13H,5-7,10-12H2,1-4H3,(H,20,23)(H2,19,21,22). The first kappa shape index (κ1) is 20.6. The topological polar surface area (TPSA) is 84.0 Å². The summed E-state index contributed by atoms with van der Waals surface area (Å²) < 4.78 is 10.9. The molecule has 0 saturated carbocycles. The summed E-state index contributed by atoms with van der Waals surface area (Å²) >= 11 is 0. The molecule has 0 heterocycles. The maximum absolute atomic E-state index is 11.6. The van der Waals surface area contributed by atoms with Crippen LogP contribution in [0, 0.1) is 0 Å². The van der Waals surface area contributed by atoms with Crippen LogP contribution in [0.25, 0.3) is 0 Å². The zero-order chi connectivity index (χ0) is 18.5. The number of aliphatic imine (C=N–C) groups is 1. The third-order valence-electron chi connectivity index (χ3n) is 3.25. The Hall–Kier alpha value is -2.44. The van der Waals surface area contributed by atoms with Gasteiger partial charge in [-0.2, -0.15) is 0 Å². The van der Waals surface area contributed by atoms with Crippen molar-refractivity contribution < 1.29 is 14.3 Å². The number of anilines is 1. The monoisotopic (exact) mass is 350 g/mol. The van der Waals surface area contributed by atoms with Crippen LogP contribution < -0.4 is 25.4 Å². The van der Waals surface area contributed by atoms with Gasteiger partial charge in [-0.15, -0.1) is 0 Å². The van der Waals surface area contributed by atoms with E-state index in [1.807, 2.05) is 39.0 Å². The van der Waals surface area contributed by atoms with Crippen molar-refractivity contribution in [1.82, 2.24) is 10.6 Å². The highest BCUT2D eigenvalue weighted by molar-refractivity contribution is 5.94. The number of amides is 1. The molecule has 7 nitrogen and oxygen atoms in total. The number of hydrogen-bond donors (Lipinski definition) is 3. The van der Waals surface area contributed by atoms with Crippen LogP contribution in [0.2, 0.25) is 0 Å². The Bertz CT molecular complexity index is 561. The molecular formula is C18H30N4O3. The Morgan fingerprint density at radius 1 is 1.16 bits per heavy atom. The molecule has 0 bridgehead atoms. The van der Waals surface area contributed by atoms with Crippen LogP contribution in [0.1, 0.15) is 33.6 Å². The molecule has 0 aliphatic rings. The zero-order valence-corrected chi connectivity index (χ0v) is 15.6. The second kappa shape index (κ2) is 12.0. The molecule has 1 aromatic rings. The summed E-state index contributed by atoms with van der Waals surface area (Å²) in [6.07, 6.45) is 1.29. The van der Waals surface area contributed by atoms with Gasteiger partial charge in [-0.25, -0.2) is 0 Å². The van der Waals surface area contributed by atoms with Gasteiger partial charge >= 0.3 is 0 Å². The minimum Gasteiger partial charge on any atom is -0.493 e. The minimum absolute atomic E-state index is 0.0178. The predicted molar refractivity (Wildman–Crippen MR) is 102 cm³/mol. The van der Waals surface area contributed by atoms with Crippen LogP contribution in [0.4, 0.5) is 5.69 Å². The van der Waals surface area contributed by atoms with Gasteiger partial charge in [0.15, 0.2) is 17.5 Å². The lowest BCUT2D eigenvalue weighted by atomic mass is 10.2. The van der Waals surface area contributed by atoms with E-state index in [0.29, 0.717) is 43.6 Å². The van der Waals surface area contributed by atoms with Crippen molar-refractivity contribution in [3.63, 3.8) is 0 Å². The first-order chi connectivity index (χ1) is 12.1. The van der Waals surface area contributed by atoms with Gasteiger partial charge in [0.25, 0.3) is 0 Å². The molecule has 3 N–H and O–H groups in total. The van der Waals surface area contributed by atoms with E-state index in [0.717, 1.165) is 18.7 Å². The Kier molecular flexibility index (Phi) is 9.89. The highest BCUT2D eigenvalue weighted by atomic mass is 16.5. The Labute approximate surface area is 150 Å². The fraction of sp³-hybridized carbons (Fsp3) is 0.556. The normalized spacial score (nSPS) is 11.0. The van der Waals surface area contributed by atoms with Gasteiger partial charge < -0.3 is 25.4 Å². The number of methoxy groups -OCH3 is 1. The summed E-state index contributed by atoms with van der Waals surface area (Å²) in [6.45, 7) is 8.36. The molecule has 7 heteroatoms. The Morgan fingerprint density at radius 2 is 1.96 bits per heavy atom. The Morgan fingerprint density at radius 3 is 2.60 bits per heavy atom. The van der Waals surface area contributed by atoms with Crippen molar-refractivity contribution in [3.05, 3.63) is 18.2 Å². The number of carbonyl (C=O) groups is 1. The van der Waals surface area contributed by atoms with Gasteiger partial charge in [-0.1, -0.05) is 6.92 Å². The van der Waals surface area contributed by atoms with Crippen LogP contribution >= 0.6 is 0 Å². The number of rotatable bonds is 10. The quantitative estimate of drug-likeness (QED) is 0.446. The van der Waals surface area contributed by atoms with Gasteiger partial charge in [0.1, 0.15) is 0 Å². The molecular weight excluding hydrogens is 320 g/mol. The van der Waals surface area contributed by atoms with Crippen LogP contribution in [-0.2, 0) is 4.79 Å². The number of nitrogens with one attached hydrogen (secondary N) is 3. The van der Waals surface area contributed by atoms with Crippen molar-refractivity contribution in [1.29, 1.82) is 0 Å². The average Bonchev–Trinajstić information content (AvgIpc) is 2.61. The van der Waals surface area contributed by atoms with E-state index in [1.54, 1.807) is 7.11 Å². The van der Waals surface area contributed by atoms with Crippen molar-refractivity contribution in [3.8, 4) is 11.5 Å². The summed E-state index contributed by atoms with van der Waals surface area (Å²) in [5.74, 6) is 1.99. The van der Waals surface area contributed by atoms with Gasteiger partial charge in [0.05, 0.1) is 20.3 Å². The first-order valence-electron chi connectivity index (χ1n) is 8.77. The largest absolute Gasteiger partial charge is 0.493 e. The van der Waals surface area contributed by atoms with Crippen LogP contribution in [-0.4, -0.2) is 45.2 Å². The molecule has 140 valence electrons. The second-order valence-corrected chi connectivity index (χ2v) is 5.28. The van der Waals surface area contributed by atoms with E-state index >= 15 is 0 Å². The molecule has 0 aliphatic heterocycles. The average molecular weight is 350 g/mol. The fourth-order valence-corrected chi connectivity index (χ4v) is 2.09. The van der Waals surface area contributed by atoms with Crippen molar-refractivity contribution >= 4 is 17.6 Å². The summed E-state index contributed by atoms with van der Waals surface area (Å²) in [5.41, 5.74) is 0.829. The third-order valence-corrected chi connectivity index (χ3v) is 3.25. The van der Waals surface area contributed by atoms with E-state index in [4.69, 9.17) is 9.47 Å². The van der Waals surface area contributed by atoms with E-state index in [1.165, 1.54) is 0 Å². The molecule has 1 amide bonds. The number of hydrogen-bond acceptors (Lipinski definition) is 4. The lowest BCUT2D eigenvalue weighted by Crippen LogP contribution is -2.31. The molecule has 0 unspecified atom stereocenters. The van der Waals surface area contributed by atoms with Crippen LogP contribution in [0.3, 0.4) is 0 Å². The first-order valence-corrected chi connectivity index (χ1v) is 8.77. The molecule has 0 fully saturated rings. The van der Waals surface area contributed by atoms with Crippen molar-refractivity contribution in [2.45, 2.75) is 33.6 Å². The van der Waals surface area contributed by atoms with Crippen LogP contribution in [0.15, 0.2) is 23.2 Å². The lowest BCUT2D eigenvalue weighted by Gasteiger charge is -2.14. The molecule has 0 aromatic heterocycles. The Balaban J connectivity index is 2.70. The number of nitrogens with zero attached hydrogens (tertiary/aromatic N) is 1. The zero-order valence-electron chi connectivity index (χ0n) is 15.6. The molecule has 1 aromatic carbocycles. The van der Waals surface area contributed by atoms with Crippen molar-refractivity contribution in [2.75, 3.05) is 38.7 Å². The SMILES string of the molecule is CCCNC(=O)CCN=C(NCC)Nc1ccc(OCC)c(OC)c1.